The van der Waals surface area contributed by atoms with E-state index in [1.807, 2.05) is 24.3 Å². The Kier molecular flexibility index (Phi) is 3.62. The second kappa shape index (κ2) is 4.75. The number of para-hydroxylation sites is 1. The average Bonchev–Trinajstić information content (AvgIpc) is 2.58. The quantitative estimate of drug-likeness (QED) is 0.859. The summed E-state index contributed by atoms with van der Waals surface area (Å²) in [5.41, 5.74) is 1.66. The van der Waals surface area contributed by atoms with Crippen LogP contribution in [0.5, 0.6) is 0 Å². The van der Waals surface area contributed by atoms with Gasteiger partial charge in [-0.2, -0.15) is 0 Å². The standard InChI is InChI=1S/C9H9N3O2.ClH/c13-9(14)5-6-12-8-4-2-1-3-7(8)10-11-12;/h1-4H,5-6H2,(H,13,14);1H. The molecule has 2 aromatic rings. The largest absolute Gasteiger partial charge is 0.481 e. The molecule has 0 unspecified atom stereocenters. The predicted octanol–water partition coefficient (Wildman–Crippen LogP) is 1.33. The molecule has 80 valence electrons. The van der Waals surface area contributed by atoms with Gasteiger partial charge in [-0.15, -0.1) is 17.5 Å². The van der Waals surface area contributed by atoms with Crippen molar-refractivity contribution in [2.75, 3.05) is 0 Å². The molecule has 0 radical (unpaired) electrons. The van der Waals surface area contributed by atoms with Crippen LogP contribution in [0.2, 0.25) is 0 Å². The summed E-state index contributed by atoms with van der Waals surface area (Å²) in [5, 5.41) is 16.3. The lowest BCUT2D eigenvalue weighted by Crippen LogP contribution is -2.05. The van der Waals surface area contributed by atoms with E-state index in [-0.39, 0.29) is 18.8 Å². The Balaban J connectivity index is 0.00000112. The first-order valence-corrected chi connectivity index (χ1v) is 4.27. The molecule has 1 heterocycles. The van der Waals surface area contributed by atoms with Crippen LogP contribution in [0.15, 0.2) is 24.3 Å². The number of halogens is 1. The van der Waals surface area contributed by atoms with Gasteiger partial charge in [0.05, 0.1) is 18.5 Å². The fourth-order valence-electron chi connectivity index (χ4n) is 1.28. The lowest BCUT2D eigenvalue weighted by Gasteiger charge is -1.97. The summed E-state index contributed by atoms with van der Waals surface area (Å²) in [6.07, 6.45) is 0.0629. The number of fused-ring (bicyclic) bond motifs is 1. The molecule has 0 aliphatic carbocycles. The summed E-state index contributed by atoms with van der Waals surface area (Å²) in [6.45, 7) is 0.357. The van der Waals surface area contributed by atoms with Crippen molar-refractivity contribution in [1.82, 2.24) is 15.0 Å². The minimum absolute atomic E-state index is 0. The zero-order chi connectivity index (χ0) is 9.97. The van der Waals surface area contributed by atoms with Gasteiger partial charge >= 0.3 is 5.97 Å². The lowest BCUT2D eigenvalue weighted by molar-refractivity contribution is -0.137. The van der Waals surface area contributed by atoms with Crippen LogP contribution < -0.4 is 0 Å². The minimum atomic E-state index is -0.829. The molecular weight excluding hydrogens is 218 g/mol. The highest BCUT2D eigenvalue weighted by atomic mass is 35.5. The average molecular weight is 228 g/mol. The topological polar surface area (TPSA) is 68.0 Å². The van der Waals surface area contributed by atoms with E-state index >= 15 is 0 Å². The van der Waals surface area contributed by atoms with E-state index in [0.29, 0.717) is 6.54 Å². The number of aliphatic carboxylic acids is 1. The van der Waals surface area contributed by atoms with Gasteiger partial charge in [-0.05, 0) is 12.1 Å². The highest BCUT2D eigenvalue weighted by molar-refractivity contribution is 5.85. The number of carboxylic acid groups (broad SMARTS) is 1. The van der Waals surface area contributed by atoms with Crippen molar-refractivity contribution in [1.29, 1.82) is 0 Å². The molecule has 0 saturated carbocycles. The molecule has 0 atom stereocenters. The molecule has 6 heteroatoms. The predicted molar refractivity (Wildman–Crippen MR) is 57.0 cm³/mol. The van der Waals surface area contributed by atoms with E-state index in [1.54, 1.807) is 4.68 Å². The molecule has 0 bridgehead atoms. The van der Waals surface area contributed by atoms with Gasteiger partial charge in [0.2, 0.25) is 0 Å². The smallest absolute Gasteiger partial charge is 0.305 e. The summed E-state index contributed by atoms with van der Waals surface area (Å²) in [5.74, 6) is -0.829. The number of rotatable bonds is 3. The summed E-state index contributed by atoms with van der Waals surface area (Å²) in [6, 6.07) is 7.47. The number of carboxylic acids is 1. The number of hydrogen-bond donors (Lipinski definition) is 1. The molecule has 15 heavy (non-hydrogen) atoms. The van der Waals surface area contributed by atoms with Gasteiger partial charge in [-0.1, -0.05) is 17.3 Å². The lowest BCUT2D eigenvalue weighted by atomic mass is 10.3. The van der Waals surface area contributed by atoms with Crippen molar-refractivity contribution < 1.29 is 9.90 Å². The van der Waals surface area contributed by atoms with Crippen molar-refractivity contribution in [2.45, 2.75) is 13.0 Å². The second-order valence-electron chi connectivity index (χ2n) is 2.95. The number of carbonyl (C=O) groups is 1. The zero-order valence-electron chi connectivity index (χ0n) is 7.83. The Morgan fingerprint density at radius 1 is 1.40 bits per heavy atom. The Morgan fingerprint density at radius 2 is 2.13 bits per heavy atom. The minimum Gasteiger partial charge on any atom is -0.481 e. The highest BCUT2D eigenvalue weighted by Gasteiger charge is 2.04. The molecule has 0 saturated heterocycles. The van der Waals surface area contributed by atoms with Crippen molar-refractivity contribution in [2.24, 2.45) is 0 Å². The van der Waals surface area contributed by atoms with Gasteiger partial charge in [-0.3, -0.25) is 4.79 Å². The molecule has 1 N–H and O–H groups in total. The monoisotopic (exact) mass is 227 g/mol. The van der Waals surface area contributed by atoms with Gasteiger partial charge in [0.1, 0.15) is 5.52 Å². The van der Waals surface area contributed by atoms with Crippen LogP contribution in [0.4, 0.5) is 0 Å². The van der Waals surface area contributed by atoms with Gasteiger partial charge < -0.3 is 5.11 Å². The van der Waals surface area contributed by atoms with Gasteiger partial charge in [0.15, 0.2) is 0 Å². The fourth-order valence-corrected chi connectivity index (χ4v) is 1.28. The van der Waals surface area contributed by atoms with E-state index in [9.17, 15) is 4.79 Å². The summed E-state index contributed by atoms with van der Waals surface area (Å²) in [4.78, 5) is 10.4. The van der Waals surface area contributed by atoms with Crippen LogP contribution in [-0.4, -0.2) is 26.1 Å². The Labute approximate surface area is 92.1 Å². The molecule has 0 aliphatic heterocycles. The van der Waals surface area contributed by atoms with Crippen LogP contribution in [0.25, 0.3) is 11.0 Å². The first-order valence-electron chi connectivity index (χ1n) is 4.27. The maximum atomic E-state index is 10.4. The molecule has 1 aromatic heterocycles. The number of aryl methyl sites for hydroxylation is 1. The maximum absolute atomic E-state index is 10.4. The van der Waals surface area contributed by atoms with Crippen molar-refractivity contribution in [3.05, 3.63) is 24.3 Å². The van der Waals surface area contributed by atoms with Crippen molar-refractivity contribution >= 4 is 29.4 Å². The zero-order valence-corrected chi connectivity index (χ0v) is 8.65. The van der Waals surface area contributed by atoms with E-state index in [4.69, 9.17) is 5.11 Å². The SMILES string of the molecule is Cl.O=C(O)CCn1nnc2ccccc21. The van der Waals surface area contributed by atoms with Crippen LogP contribution in [0.1, 0.15) is 6.42 Å². The molecule has 2 rings (SSSR count). The first-order chi connectivity index (χ1) is 6.77. The van der Waals surface area contributed by atoms with Gasteiger partial charge in [0.25, 0.3) is 0 Å². The fraction of sp³-hybridized carbons (Fsp3) is 0.222. The third-order valence-corrected chi connectivity index (χ3v) is 1.96. The Hall–Kier alpha value is -1.62. The molecule has 5 nitrogen and oxygen atoms in total. The second-order valence-corrected chi connectivity index (χ2v) is 2.95. The molecule has 0 aliphatic rings. The normalized spacial score (nSPS) is 9.87. The van der Waals surface area contributed by atoms with E-state index < -0.39 is 5.97 Å². The van der Waals surface area contributed by atoms with Crippen LogP contribution in [-0.2, 0) is 11.3 Å². The van der Waals surface area contributed by atoms with Crippen LogP contribution in [0.3, 0.4) is 0 Å². The van der Waals surface area contributed by atoms with Crippen LogP contribution >= 0.6 is 12.4 Å². The number of nitrogens with zero attached hydrogens (tertiary/aromatic N) is 3. The third kappa shape index (κ3) is 2.44. The van der Waals surface area contributed by atoms with E-state index in [2.05, 4.69) is 10.3 Å². The van der Waals surface area contributed by atoms with Crippen molar-refractivity contribution in [3.63, 3.8) is 0 Å². The highest BCUT2D eigenvalue weighted by Crippen LogP contribution is 2.09. The van der Waals surface area contributed by atoms with Crippen LogP contribution in [0, 0.1) is 0 Å². The van der Waals surface area contributed by atoms with E-state index in [1.165, 1.54) is 0 Å². The number of benzene rings is 1. The summed E-state index contributed by atoms with van der Waals surface area (Å²) >= 11 is 0. The van der Waals surface area contributed by atoms with Gasteiger partial charge in [0, 0.05) is 0 Å². The number of hydrogen-bond acceptors (Lipinski definition) is 3. The molecule has 0 fully saturated rings. The van der Waals surface area contributed by atoms with Gasteiger partial charge in [-0.25, -0.2) is 4.68 Å². The first kappa shape index (κ1) is 11.5. The summed E-state index contributed by atoms with van der Waals surface area (Å²) in [7, 11) is 0. The molecule has 0 amide bonds. The van der Waals surface area contributed by atoms with Crippen molar-refractivity contribution in [3.8, 4) is 0 Å². The Morgan fingerprint density at radius 3 is 2.87 bits per heavy atom. The maximum Gasteiger partial charge on any atom is 0.305 e. The molecule has 1 aromatic carbocycles. The number of aromatic nitrogens is 3. The Bertz CT molecular complexity index is 469. The molecular formula is C9H10ClN3O2. The summed E-state index contributed by atoms with van der Waals surface area (Å²) < 4.78 is 1.60. The molecule has 0 spiro atoms. The van der Waals surface area contributed by atoms with E-state index in [0.717, 1.165) is 11.0 Å². The third-order valence-electron chi connectivity index (χ3n) is 1.96.